The van der Waals surface area contributed by atoms with Crippen LogP contribution in [0.5, 0.6) is 5.75 Å². The Bertz CT molecular complexity index is 672. The number of fused-ring (bicyclic) bond motifs is 1. The molecule has 0 bridgehead atoms. The second-order valence-electron chi connectivity index (χ2n) is 6.78. The Morgan fingerprint density at radius 1 is 1.33 bits per heavy atom. The Hall–Kier alpha value is -1.39. The van der Waals surface area contributed by atoms with Gasteiger partial charge in [0.2, 0.25) is 0 Å². The summed E-state index contributed by atoms with van der Waals surface area (Å²) in [7, 11) is 1.69. The minimum absolute atomic E-state index is 0.0565. The number of ether oxygens (including phenoxy) is 1. The van der Waals surface area contributed by atoms with Gasteiger partial charge in [0, 0.05) is 10.8 Å². The van der Waals surface area contributed by atoms with E-state index in [1.165, 1.54) is 5.56 Å². The van der Waals surface area contributed by atoms with Crippen LogP contribution in [-0.2, 0) is 17.4 Å². The number of rotatable bonds is 2. The van der Waals surface area contributed by atoms with Crippen LogP contribution < -0.4 is 10.5 Å². The predicted octanol–water partition coefficient (Wildman–Crippen LogP) is 3.60. The smallest absolute Gasteiger partial charge is 0.119 e. The fourth-order valence-corrected chi connectivity index (χ4v) is 4.03. The summed E-state index contributed by atoms with van der Waals surface area (Å²) in [5.41, 5.74) is 9.94. The average molecular weight is 302 g/mol. The molecule has 2 N–H and O–H groups in total. The van der Waals surface area contributed by atoms with Crippen molar-refractivity contribution in [3.05, 3.63) is 45.4 Å². The number of nitrogens with two attached hydrogens (primary N) is 1. The molecule has 1 unspecified atom stereocenters. The summed E-state index contributed by atoms with van der Waals surface area (Å²) in [6, 6.07) is 6.20. The number of hydrogen-bond acceptors (Lipinski definition) is 4. The minimum Gasteiger partial charge on any atom is -0.497 e. The third-order valence-corrected chi connectivity index (χ3v) is 5.26. The lowest BCUT2D eigenvalue weighted by molar-refractivity contribution is 0.412. The van der Waals surface area contributed by atoms with Crippen molar-refractivity contribution in [3.8, 4) is 5.75 Å². The van der Waals surface area contributed by atoms with Crippen LogP contribution in [0.25, 0.3) is 0 Å². The minimum atomic E-state index is -0.474. The van der Waals surface area contributed by atoms with E-state index in [-0.39, 0.29) is 5.41 Å². The first-order valence-corrected chi connectivity index (χ1v) is 8.15. The monoisotopic (exact) mass is 302 g/mol. The van der Waals surface area contributed by atoms with Crippen LogP contribution in [-0.4, -0.2) is 12.1 Å². The molecule has 0 radical (unpaired) electrons. The number of hydrogen-bond donors (Lipinski definition) is 1. The van der Waals surface area contributed by atoms with Crippen LogP contribution in [0, 0.1) is 0 Å². The van der Waals surface area contributed by atoms with E-state index in [0.29, 0.717) is 0 Å². The van der Waals surface area contributed by atoms with Crippen molar-refractivity contribution in [2.45, 2.75) is 44.6 Å². The molecule has 3 rings (SSSR count). The molecule has 4 heteroatoms. The normalized spacial score (nSPS) is 21.4. The highest BCUT2D eigenvalue weighted by atomic mass is 32.1. The van der Waals surface area contributed by atoms with Gasteiger partial charge in [-0.3, -0.25) is 0 Å². The second kappa shape index (κ2) is 4.82. The molecule has 1 aromatic heterocycles. The van der Waals surface area contributed by atoms with Crippen LogP contribution in [0.15, 0.2) is 23.6 Å². The summed E-state index contributed by atoms with van der Waals surface area (Å²) in [5, 5.41) is 3.15. The Kier molecular flexibility index (Phi) is 3.34. The van der Waals surface area contributed by atoms with Gasteiger partial charge >= 0.3 is 0 Å². The Morgan fingerprint density at radius 3 is 2.71 bits per heavy atom. The number of nitrogens with zero attached hydrogens (tertiary/aromatic N) is 1. The number of aromatic nitrogens is 1. The summed E-state index contributed by atoms with van der Waals surface area (Å²) < 4.78 is 5.36. The first-order valence-electron chi connectivity index (χ1n) is 7.27. The van der Waals surface area contributed by atoms with E-state index in [0.717, 1.165) is 34.9 Å². The highest BCUT2D eigenvalue weighted by Crippen LogP contribution is 2.43. The lowest BCUT2D eigenvalue weighted by Crippen LogP contribution is -2.35. The molecule has 0 spiro atoms. The van der Waals surface area contributed by atoms with Crippen molar-refractivity contribution in [2.24, 2.45) is 5.73 Å². The van der Waals surface area contributed by atoms with Gasteiger partial charge in [-0.25, -0.2) is 4.98 Å². The summed E-state index contributed by atoms with van der Waals surface area (Å²) in [6.45, 7) is 6.54. The molecule has 0 saturated carbocycles. The second-order valence-corrected chi connectivity index (χ2v) is 7.64. The van der Waals surface area contributed by atoms with Crippen molar-refractivity contribution in [1.29, 1.82) is 0 Å². The maximum atomic E-state index is 6.76. The van der Waals surface area contributed by atoms with Gasteiger partial charge in [0.25, 0.3) is 0 Å². The molecule has 0 saturated heterocycles. The lowest BCUT2D eigenvalue weighted by atomic mass is 9.91. The molecule has 2 aromatic rings. The van der Waals surface area contributed by atoms with Gasteiger partial charge in [-0.15, -0.1) is 11.3 Å². The van der Waals surface area contributed by atoms with E-state index in [2.05, 4.69) is 38.3 Å². The summed E-state index contributed by atoms with van der Waals surface area (Å²) in [6.07, 6.45) is 1.91. The van der Waals surface area contributed by atoms with E-state index in [1.54, 1.807) is 18.4 Å². The molecule has 1 aromatic carbocycles. The average Bonchev–Trinajstić information content (AvgIpc) is 3.05. The number of aryl methyl sites for hydroxylation is 1. The van der Waals surface area contributed by atoms with E-state index < -0.39 is 5.54 Å². The molecule has 0 amide bonds. The van der Waals surface area contributed by atoms with Crippen molar-refractivity contribution in [1.82, 2.24) is 4.98 Å². The molecule has 0 fully saturated rings. The fraction of sp³-hybridized carbons (Fsp3) is 0.471. The predicted molar refractivity (Wildman–Crippen MR) is 87.1 cm³/mol. The van der Waals surface area contributed by atoms with Gasteiger partial charge in [0.05, 0.1) is 18.3 Å². The third kappa shape index (κ3) is 2.36. The van der Waals surface area contributed by atoms with E-state index in [4.69, 9.17) is 15.5 Å². The number of benzene rings is 1. The van der Waals surface area contributed by atoms with Crippen molar-refractivity contribution in [2.75, 3.05) is 7.11 Å². The van der Waals surface area contributed by atoms with Crippen LogP contribution in [0.4, 0.5) is 0 Å². The lowest BCUT2D eigenvalue weighted by Gasteiger charge is -2.23. The molecule has 112 valence electrons. The molecular weight excluding hydrogens is 280 g/mol. The van der Waals surface area contributed by atoms with Gasteiger partial charge in [-0.05, 0) is 36.1 Å². The molecule has 21 heavy (non-hydrogen) atoms. The maximum Gasteiger partial charge on any atom is 0.119 e. The molecule has 1 heterocycles. The van der Waals surface area contributed by atoms with E-state index in [1.807, 2.05) is 6.07 Å². The molecular formula is C17H22N2OS. The molecule has 0 aliphatic heterocycles. The van der Waals surface area contributed by atoms with Gasteiger partial charge in [-0.2, -0.15) is 0 Å². The zero-order chi connectivity index (χ0) is 15.3. The first kappa shape index (κ1) is 14.5. The Morgan fingerprint density at radius 2 is 2.10 bits per heavy atom. The highest BCUT2D eigenvalue weighted by molar-refractivity contribution is 7.09. The highest BCUT2D eigenvalue weighted by Gasteiger charge is 2.40. The van der Waals surface area contributed by atoms with Gasteiger partial charge < -0.3 is 10.5 Å². The zero-order valence-electron chi connectivity index (χ0n) is 13.1. The van der Waals surface area contributed by atoms with Gasteiger partial charge in [0.1, 0.15) is 10.8 Å². The van der Waals surface area contributed by atoms with Crippen molar-refractivity contribution >= 4 is 11.3 Å². The van der Waals surface area contributed by atoms with E-state index in [9.17, 15) is 0 Å². The van der Waals surface area contributed by atoms with Crippen LogP contribution in [0.2, 0.25) is 0 Å². The van der Waals surface area contributed by atoms with Crippen LogP contribution >= 0.6 is 11.3 Å². The third-order valence-electron chi connectivity index (χ3n) is 4.24. The number of methoxy groups -OCH3 is 1. The van der Waals surface area contributed by atoms with Gasteiger partial charge in [-0.1, -0.05) is 26.8 Å². The maximum absolute atomic E-state index is 6.76. The van der Waals surface area contributed by atoms with Crippen molar-refractivity contribution < 1.29 is 4.74 Å². The largest absolute Gasteiger partial charge is 0.497 e. The quantitative estimate of drug-likeness (QED) is 0.922. The summed E-state index contributed by atoms with van der Waals surface area (Å²) in [5.74, 6) is 0.859. The molecule has 1 atom stereocenters. The van der Waals surface area contributed by atoms with Crippen molar-refractivity contribution in [3.63, 3.8) is 0 Å². The van der Waals surface area contributed by atoms with E-state index >= 15 is 0 Å². The Labute approximate surface area is 130 Å². The SMILES string of the molecule is COc1ccc2c(c1)C(N)(c1nc(C(C)(C)C)cs1)CC2. The summed E-state index contributed by atoms with van der Waals surface area (Å²) >= 11 is 1.67. The number of thiazole rings is 1. The Balaban J connectivity index is 2.06. The van der Waals surface area contributed by atoms with Crippen LogP contribution in [0.3, 0.4) is 0 Å². The zero-order valence-corrected chi connectivity index (χ0v) is 13.9. The van der Waals surface area contributed by atoms with Gasteiger partial charge in [0.15, 0.2) is 0 Å². The molecule has 1 aliphatic rings. The fourth-order valence-electron chi connectivity index (χ4n) is 2.83. The molecule has 1 aliphatic carbocycles. The summed E-state index contributed by atoms with van der Waals surface area (Å²) in [4.78, 5) is 4.84. The topological polar surface area (TPSA) is 48.1 Å². The standard InChI is InChI=1S/C17H22N2OS/c1-16(2,3)14-10-21-15(19-14)17(18)8-7-11-5-6-12(20-4)9-13(11)17/h5-6,9-10H,7-8,18H2,1-4H3. The molecule has 3 nitrogen and oxygen atoms in total. The van der Waals surface area contributed by atoms with Crippen LogP contribution in [0.1, 0.15) is 49.0 Å². The first-order chi connectivity index (χ1) is 9.84.